The van der Waals surface area contributed by atoms with E-state index >= 15 is 0 Å². The minimum Gasteiger partial charge on any atom is -0.462 e. The second kappa shape index (κ2) is 16.5. The molecule has 0 aromatic rings. The van der Waals surface area contributed by atoms with Crippen molar-refractivity contribution in [2.45, 2.75) is 12.8 Å². The summed E-state index contributed by atoms with van der Waals surface area (Å²) in [5.41, 5.74) is 0. The third-order valence-corrected chi connectivity index (χ3v) is 4.79. The van der Waals surface area contributed by atoms with Crippen molar-refractivity contribution in [2.24, 2.45) is 0 Å². The van der Waals surface area contributed by atoms with Gasteiger partial charge in [0.2, 0.25) is 0 Å². The summed E-state index contributed by atoms with van der Waals surface area (Å²) < 4.78 is 19.1. The SMILES string of the molecule is C=CC(=O)OCCOC(=O)CCSSCCC(=O)OCCOC(=O)C=C. The summed E-state index contributed by atoms with van der Waals surface area (Å²) in [4.78, 5) is 44.3. The molecule has 0 aliphatic rings. The summed E-state index contributed by atoms with van der Waals surface area (Å²) in [5.74, 6) is -0.846. The number of carbonyl (C=O) groups is 4. The Labute approximate surface area is 160 Å². The molecule has 0 aliphatic carbocycles. The van der Waals surface area contributed by atoms with E-state index in [4.69, 9.17) is 9.47 Å². The quantitative estimate of drug-likeness (QED) is 0.131. The van der Waals surface area contributed by atoms with Gasteiger partial charge in [-0.2, -0.15) is 0 Å². The summed E-state index contributed by atoms with van der Waals surface area (Å²) in [7, 11) is 2.87. The summed E-state index contributed by atoms with van der Waals surface area (Å²) in [6.07, 6.45) is 2.49. The van der Waals surface area contributed by atoms with E-state index in [1.807, 2.05) is 0 Å². The topological polar surface area (TPSA) is 105 Å². The highest BCUT2D eigenvalue weighted by Gasteiger charge is 2.06. The van der Waals surface area contributed by atoms with Crippen LogP contribution < -0.4 is 0 Å². The first-order valence-corrected chi connectivity index (χ1v) is 10.1. The monoisotopic (exact) mass is 406 g/mol. The molecule has 8 nitrogen and oxygen atoms in total. The third kappa shape index (κ3) is 15.6. The number of esters is 4. The normalized spacial score (nSPS) is 9.69. The lowest BCUT2D eigenvalue weighted by Gasteiger charge is -2.06. The average molecular weight is 406 g/mol. The first kappa shape index (κ1) is 24.1. The van der Waals surface area contributed by atoms with Gasteiger partial charge in [0.1, 0.15) is 26.4 Å². The Kier molecular flexibility index (Phi) is 15.3. The Balaban J connectivity index is 3.43. The van der Waals surface area contributed by atoms with Crippen molar-refractivity contribution in [3.63, 3.8) is 0 Å². The molecule has 0 aromatic carbocycles. The van der Waals surface area contributed by atoms with E-state index in [1.165, 1.54) is 21.6 Å². The van der Waals surface area contributed by atoms with Gasteiger partial charge in [-0.05, 0) is 0 Å². The Bertz CT molecular complexity index is 449. The molecule has 10 heteroatoms. The second-order valence-electron chi connectivity index (χ2n) is 4.33. The molecular weight excluding hydrogens is 384 g/mol. The van der Waals surface area contributed by atoms with E-state index in [1.54, 1.807) is 0 Å². The summed E-state index contributed by atoms with van der Waals surface area (Å²) in [6.45, 7) is 6.48. The van der Waals surface area contributed by atoms with Crippen molar-refractivity contribution in [2.75, 3.05) is 37.9 Å². The molecule has 0 atom stereocenters. The maximum Gasteiger partial charge on any atom is 0.330 e. The van der Waals surface area contributed by atoms with Crippen molar-refractivity contribution in [1.82, 2.24) is 0 Å². The van der Waals surface area contributed by atoms with E-state index in [9.17, 15) is 19.2 Å². The smallest absolute Gasteiger partial charge is 0.330 e. The minimum atomic E-state index is -0.565. The van der Waals surface area contributed by atoms with Crippen LogP contribution in [0.2, 0.25) is 0 Å². The van der Waals surface area contributed by atoms with Gasteiger partial charge < -0.3 is 18.9 Å². The highest BCUT2D eigenvalue weighted by molar-refractivity contribution is 8.76. The van der Waals surface area contributed by atoms with Crippen LogP contribution in [0.3, 0.4) is 0 Å². The first-order chi connectivity index (χ1) is 12.5. The fourth-order valence-corrected chi connectivity index (χ4v) is 3.17. The maximum absolute atomic E-state index is 11.4. The van der Waals surface area contributed by atoms with Gasteiger partial charge in [0.15, 0.2) is 0 Å². The molecule has 0 radical (unpaired) electrons. The Hall–Kier alpha value is -1.94. The largest absolute Gasteiger partial charge is 0.462 e. The van der Waals surface area contributed by atoms with Crippen molar-refractivity contribution in [3.8, 4) is 0 Å². The first-order valence-electron chi connectivity index (χ1n) is 7.63. The molecule has 0 N–H and O–H groups in total. The van der Waals surface area contributed by atoms with Crippen molar-refractivity contribution in [3.05, 3.63) is 25.3 Å². The van der Waals surface area contributed by atoms with E-state index < -0.39 is 11.9 Å². The molecule has 0 amide bonds. The fourth-order valence-electron chi connectivity index (χ4n) is 1.23. The second-order valence-corrected chi connectivity index (χ2v) is 7.03. The molecule has 0 rings (SSSR count). The predicted molar refractivity (Wildman–Crippen MR) is 98.4 cm³/mol. The van der Waals surface area contributed by atoms with Crippen LogP contribution in [0.25, 0.3) is 0 Å². The molecule has 0 saturated heterocycles. The van der Waals surface area contributed by atoms with Crippen LogP contribution in [0.15, 0.2) is 25.3 Å². The van der Waals surface area contributed by atoms with Crippen molar-refractivity contribution in [1.29, 1.82) is 0 Å². The van der Waals surface area contributed by atoms with Gasteiger partial charge >= 0.3 is 23.9 Å². The predicted octanol–water partition coefficient (Wildman–Crippen LogP) is 1.69. The molecule has 0 aliphatic heterocycles. The Morgan fingerprint density at radius 1 is 0.654 bits per heavy atom. The zero-order valence-corrected chi connectivity index (χ0v) is 15.9. The van der Waals surface area contributed by atoms with E-state index in [2.05, 4.69) is 22.6 Å². The van der Waals surface area contributed by atoms with Gasteiger partial charge in [-0.1, -0.05) is 34.7 Å². The summed E-state index contributed by atoms with van der Waals surface area (Å²) in [6, 6.07) is 0. The summed E-state index contributed by atoms with van der Waals surface area (Å²) in [5, 5.41) is 0. The Morgan fingerprint density at radius 2 is 1.00 bits per heavy atom. The molecule has 0 spiro atoms. The number of carbonyl (C=O) groups excluding carboxylic acids is 4. The van der Waals surface area contributed by atoms with Gasteiger partial charge in [-0.15, -0.1) is 0 Å². The average Bonchev–Trinajstić information content (AvgIpc) is 2.64. The van der Waals surface area contributed by atoms with Crippen molar-refractivity contribution >= 4 is 45.5 Å². The van der Waals surface area contributed by atoms with E-state index in [-0.39, 0.29) is 51.2 Å². The lowest BCUT2D eigenvalue weighted by molar-refractivity contribution is -0.149. The van der Waals surface area contributed by atoms with Gasteiger partial charge in [-0.3, -0.25) is 9.59 Å². The number of hydrogen-bond acceptors (Lipinski definition) is 10. The standard InChI is InChI=1S/C16H22O8S2/c1-3-13(17)21-7-9-23-15(19)5-11-25-26-12-6-16(20)24-10-8-22-14(18)4-2/h3-4H,1-2,5-12H2. The molecule has 26 heavy (non-hydrogen) atoms. The lowest BCUT2D eigenvalue weighted by Crippen LogP contribution is -2.13. The highest BCUT2D eigenvalue weighted by Crippen LogP contribution is 2.22. The number of hydrogen-bond donors (Lipinski definition) is 0. The Morgan fingerprint density at radius 3 is 1.35 bits per heavy atom. The van der Waals surface area contributed by atoms with E-state index in [0.717, 1.165) is 12.2 Å². The zero-order chi connectivity index (χ0) is 19.6. The molecule has 0 fully saturated rings. The van der Waals surface area contributed by atoms with E-state index in [0.29, 0.717) is 11.5 Å². The number of rotatable bonds is 15. The fraction of sp³-hybridized carbons (Fsp3) is 0.500. The molecular formula is C16H22O8S2. The van der Waals surface area contributed by atoms with Crippen LogP contribution in [0.5, 0.6) is 0 Å². The van der Waals surface area contributed by atoms with Gasteiger partial charge in [-0.25, -0.2) is 9.59 Å². The van der Waals surface area contributed by atoms with Gasteiger partial charge in [0.05, 0.1) is 12.8 Å². The number of ether oxygens (including phenoxy) is 4. The molecule has 0 aromatic heterocycles. The third-order valence-electron chi connectivity index (χ3n) is 2.38. The van der Waals surface area contributed by atoms with Crippen LogP contribution in [-0.2, 0) is 38.1 Å². The minimum absolute atomic E-state index is 0.00414. The highest BCUT2D eigenvalue weighted by atomic mass is 33.1. The lowest BCUT2D eigenvalue weighted by atomic mass is 10.5. The van der Waals surface area contributed by atoms with Crippen LogP contribution in [0.1, 0.15) is 12.8 Å². The van der Waals surface area contributed by atoms with Gasteiger partial charge in [0, 0.05) is 23.7 Å². The molecule has 0 saturated carbocycles. The molecule has 0 bridgehead atoms. The van der Waals surface area contributed by atoms with Crippen LogP contribution in [0.4, 0.5) is 0 Å². The van der Waals surface area contributed by atoms with Crippen LogP contribution >= 0.6 is 21.6 Å². The van der Waals surface area contributed by atoms with Crippen LogP contribution in [-0.4, -0.2) is 61.8 Å². The zero-order valence-electron chi connectivity index (χ0n) is 14.3. The van der Waals surface area contributed by atoms with Gasteiger partial charge in [0.25, 0.3) is 0 Å². The van der Waals surface area contributed by atoms with Crippen molar-refractivity contribution < 1.29 is 38.1 Å². The van der Waals surface area contributed by atoms with Crippen LogP contribution in [0, 0.1) is 0 Å². The molecule has 0 heterocycles. The molecule has 0 unspecified atom stereocenters. The summed E-state index contributed by atoms with van der Waals surface area (Å²) >= 11 is 0. The maximum atomic E-state index is 11.4. The molecule has 146 valence electrons.